The van der Waals surface area contributed by atoms with Crippen molar-refractivity contribution in [1.29, 1.82) is 0 Å². The first kappa shape index (κ1) is 14.8. The average Bonchev–Trinajstić information content (AvgIpc) is 2.38. The summed E-state index contributed by atoms with van der Waals surface area (Å²) in [5.74, 6) is -5.43. The highest BCUT2D eigenvalue weighted by atomic mass is 16.9. The van der Waals surface area contributed by atoms with Gasteiger partial charge in [-0.25, -0.2) is 9.59 Å². The van der Waals surface area contributed by atoms with Crippen LogP contribution in [0.5, 0.6) is 0 Å². The van der Waals surface area contributed by atoms with Gasteiger partial charge in [0.2, 0.25) is 0 Å². The van der Waals surface area contributed by atoms with Crippen LogP contribution in [0, 0.1) is 0 Å². The molecule has 0 unspecified atom stereocenters. The number of hydrogen-bond donors (Lipinski definition) is 5. The molecule has 2 aliphatic rings. The first-order valence-electron chi connectivity index (χ1n) is 5.53. The summed E-state index contributed by atoms with van der Waals surface area (Å²) in [5, 5.41) is 38.7. The van der Waals surface area contributed by atoms with Crippen LogP contribution in [0.15, 0.2) is 12.2 Å². The molecule has 0 saturated carbocycles. The highest BCUT2D eigenvalue weighted by molar-refractivity contribution is 5.92. The number of carbonyl (C=O) groups excluding carboxylic acids is 2. The molecule has 20 heavy (non-hydrogen) atoms. The van der Waals surface area contributed by atoms with Crippen LogP contribution in [0.2, 0.25) is 0 Å². The number of carbonyl (C=O) groups is 2. The molecule has 10 heteroatoms. The molecule has 0 aliphatic carbocycles. The number of fused-ring (bicyclic) bond motifs is 1. The molecule has 2 heterocycles. The highest BCUT2D eigenvalue weighted by Gasteiger charge is 2.68. The van der Waals surface area contributed by atoms with Crippen LogP contribution in [-0.2, 0) is 23.8 Å². The number of hydrogen-bond acceptors (Lipinski definition) is 10. The van der Waals surface area contributed by atoms with Crippen molar-refractivity contribution < 1.29 is 44.2 Å². The largest absolute Gasteiger partial charge is 0.428 e. The van der Waals surface area contributed by atoms with Crippen molar-refractivity contribution in [2.24, 2.45) is 5.73 Å². The molecule has 6 N–H and O–H groups in total. The Morgan fingerprint density at radius 3 is 2.30 bits per heavy atom. The number of nitrogens with two attached hydrogens (primary N) is 1. The molecular formula is C10H13NO9. The predicted octanol–water partition coefficient (Wildman–Crippen LogP) is -3.94. The minimum Gasteiger partial charge on any atom is -0.428 e. The molecule has 0 spiro atoms. The van der Waals surface area contributed by atoms with E-state index in [2.05, 4.69) is 9.47 Å². The van der Waals surface area contributed by atoms with Crippen molar-refractivity contribution in [2.75, 3.05) is 6.61 Å². The van der Waals surface area contributed by atoms with E-state index in [0.29, 0.717) is 12.2 Å². The van der Waals surface area contributed by atoms with Gasteiger partial charge in [-0.15, -0.1) is 0 Å². The van der Waals surface area contributed by atoms with E-state index < -0.39 is 48.6 Å². The Morgan fingerprint density at radius 2 is 1.75 bits per heavy atom. The fourth-order valence-electron chi connectivity index (χ4n) is 1.89. The van der Waals surface area contributed by atoms with Gasteiger partial charge in [0.05, 0.1) is 6.61 Å². The maximum Gasteiger partial charge on any atom is 0.387 e. The lowest BCUT2D eigenvalue weighted by molar-refractivity contribution is -0.464. The summed E-state index contributed by atoms with van der Waals surface area (Å²) in [6, 6.07) is 0. The Morgan fingerprint density at radius 1 is 1.20 bits per heavy atom. The maximum atomic E-state index is 11.4. The van der Waals surface area contributed by atoms with Crippen LogP contribution in [0.4, 0.5) is 0 Å². The van der Waals surface area contributed by atoms with Crippen LogP contribution in [0.1, 0.15) is 0 Å². The maximum absolute atomic E-state index is 11.4. The standard InChI is InChI=1S/C10H13NO9/c11-9-8(16)7(15)4(3-12)18-10(9,17)20-6(14)2-1-5(13)19-9/h1-2,4,7-8,12,15-17H,3,11H2/b2-1+/t4-,7-,8+,9+,10-/m1/s1. The smallest absolute Gasteiger partial charge is 0.387 e. The third kappa shape index (κ3) is 2.08. The van der Waals surface area contributed by atoms with Gasteiger partial charge < -0.3 is 34.6 Å². The van der Waals surface area contributed by atoms with Crippen LogP contribution >= 0.6 is 0 Å². The Kier molecular flexibility index (Phi) is 3.54. The first-order chi connectivity index (χ1) is 9.23. The Balaban J connectivity index is 2.48. The number of aliphatic hydroxyl groups excluding tert-OH is 3. The summed E-state index contributed by atoms with van der Waals surface area (Å²) in [6.07, 6.45) is -4.08. The third-order valence-electron chi connectivity index (χ3n) is 2.99. The van der Waals surface area contributed by atoms with Crippen LogP contribution < -0.4 is 5.73 Å². The van der Waals surface area contributed by atoms with E-state index in [-0.39, 0.29) is 0 Å². The van der Waals surface area contributed by atoms with Gasteiger partial charge in [-0.2, -0.15) is 0 Å². The summed E-state index contributed by atoms with van der Waals surface area (Å²) >= 11 is 0. The molecule has 112 valence electrons. The fraction of sp³-hybridized carbons (Fsp3) is 0.600. The lowest BCUT2D eigenvalue weighted by Gasteiger charge is -2.50. The van der Waals surface area contributed by atoms with Crippen molar-refractivity contribution in [3.8, 4) is 0 Å². The Bertz CT molecular complexity index is 466. The minimum absolute atomic E-state index is 0.647. The van der Waals surface area contributed by atoms with Crippen molar-refractivity contribution in [1.82, 2.24) is 0 Å². The zero-order valence-electron chi connectivity index (χ0n) is 10.0. The van der Waals surface area contributed by atoms with E-state index in [1.54, 1.807) is 0 Å². The van der Waals surface area contributed by atoms with E-state index in [0.717, 1.165) is 0 Å². The van der Waals surface area contributed by atoms with E-state index in [1.807, 2.05) is 0 Å². The van der Waals surface area contributed by atoms with Crippen LogP contribution in [0.3, 0.4) is 0 Å². The van der Waals surface area contributed by atoms with Gasteiger partial charge in [-0.1, -0.05) is 0 Å². The highest BCUT2D eigenvalue weighted by Crippen LogP contribution is 2.37. The summed E-state index contributed by atoms with van der Waals surface area (Å²) in [4.78, 5) is 22.7. The monoisotopic (exact) mass is 291 g/mol. The molecule has 10 nitrogen and oxygen atoms in total. The topological polar surface area (TPSA) is 169 Å². The Hall–Kier alpha value is -1.56. The van der Waals surface area contributed by atoms with Crippen LogP contribution in [0.25, 0.3) is 0 Å². The quantitative estimate of drug-likeness (QED) is 0.300. The summed E-state index contributed by atoms with van der Waals surface area (Å²) in [7, 11) is 0. The van der Waals surface area contributed by atoms with E-state index in [4.69, 9.17) is 15.6 Å². The number of ether oxygens (including phenoxy) is 3. The molecule has 1 fully saturated rings. The minimum atomic E-state index is -3.07. The van der Waals surface area contributed by atoms with Crippen molar-refractivity contribution in [3.05, 3.63) is 12.2 Å². The normalized spacial score (nSPS) is 46.5. The van der Waals surface area contributed by atoms with E-state index >= 15 is 0 Å². The molecule has 0 aromatic rings. The summed E-state index contributed by atoms with van der Waals surface area (Å²) in [5.41, 5.74) is 2.78. The van der Waals surface area contributed by atoms with Crippen molar-refractivity contribution >= 4 is 11.9 Å². The third-order valence-corrected chi connectivity index (χ3v) is 2.99. The lowest BCUT2D eigenvalue weighted by Crippen LogP contribution is -2.79. The van der Waals surface area contributed by atoms with Gasteiger partial charge in [0.1, 0.15) is 18.3 Å². The van der Waals surface area contributed by atoms with Crippen LogP contribution in [-0.4, -0.2) is 69.0 Å². The van der Waals surface area contributed by atoms with Gasteiger partial charge >= 0.3 is 17.9 Å². The first-order valence-corrected chi connectivity index (χ1v) is 5.53. The molecule has 0 aromatic heterocycles. The number of aliphatic hydroxyl groups is 4. The second kappa shape index (κ2) is 4.77. The Labute approximate surface area is 112 Å². The lowest BCUT2D eigenvalue weighted by atomic mass is 9.92. The zero-order chi connectivity index (χ0) is 15.1. The molecule has 0 aromatic carbocycles. The molecule has 0 radical (unpaired) electrons. The molecule has 2 aliphatic heterocycles. The summed E-state index contributed by atoms with van der Waals surface area (Å²) in [6.45, 7) is -0.821. The zero-order valence-corrected chi connectivity index (χ0v) is 10.0. The van der Waals surface area contributed by atoms with Gasteiger partial charge in [-0.3, -0.25) is 5.73 Å². The molecule has 0 bridgehead atoms. The SMILES string of the molecule is N[C@@]12OC(=O)/C=C/C(=O)O[C@]1(O)O[C@H](CO)[C@@H](O)[C@@H]2O. The van der Waals surface area contributed by atoms with E-state index in [9.17, 15) is 24.9 Å². The predicted molar refractivity (Wildman–Crippen MR) is 57.2 cm³/mol. The molecule has 1 saturated heterocycles. The van der Waals surface area contributed by atoms with Crippen molar-refractivity contribution in [3.63, 3.8) is 0 Å². The number of esters is 2. The molecule has 0 amide bonds. The van der Waals surface area contributed by atoms with Crippen molar-refractivity contribution in [2.45, 2.75) is 30.0 Å². The molecular weight excluding hydrogens is 278 g/mol. The van der Waals surface area contributed by atoms with Gasteiger partial charge in [0, 0.05) is 12.2 Å². The van der Waals surface area contributed by atoms with Gasteiger partial charge in [0.15, 0.2) is 0 Å². The van der Waals surface area contributed by atoms with E-state index in [1.165, 1.54) is 0 Å². The second-order valence-electron chi connectivity index (χ2n) is 4.32. The molecule has 2 rings (SSSR count). The fourth-order valence-corrected chi connectivity index (χ4v) is 1.89. The molecule has 5 atom stereocenters. The van der Waals surface area contributed by atoms with Gasteiger partial charge in [-0.05, 0) is 0 Å². The number of rotatable bonds is 1. The summed E-state index contributed by atoms with van der Waals surface area (Å²) < 4.78 is 13.9. The average molecular weight is 291 g/mol. The second-order valence-corrected chi connectivity index (χ2v) is 4.32. The van der Waals surface area contributed by atoms with Gasteiger partial charge in [0.25, 0.3) is 5.72 Å².